The normalized spacial score (nSPS) is 15.8. The molecular weight excluding hydrogens is 621 g/mol. The summed E-state index contributed by atoms with van der Waals surface area (Å²) in [5.41, 5.74) is 16.6. The molecule has 4 nitrogen and oxygen atoms in total. The Bertz CT molecular complexity index is 2690. The molecule has 0 spiro atoms. The summed E-state index contributed by atoms with van der Waals surface area (Å²) < 4.78 is 4.91. The van der Waals surface area contributed by atoms with Crippen molar-refractivity contribution in [2.75, 3.05) is 4.90 Å². The van der Waals surface area contributed by atoms with Crippen molar-refractivity contribution in [1.82, 2.24) is 14.1 Å². The predicted molar refractivity (Wildman–Crippen MR) is 212 cm³/mol. The second-order valence-electron chi connectivity index (χ2n) is 13.5. The van der Waals surface area contributed by atoms with Gasteiger partial charge in [-0.1, -0.05) is 115 Å². The molecule has 0 bridgehead atoms. The number of aromatic nitrogens is 2. The van der Waals surface area contributed by atoms with Crippen LogP contribution in [0.5, 0.6) is 0 Å². The van der Waals surface area contributed by atoms with Crippen LogP contribution in [0.15, 0.2) is 182 Å². The molecule has 0 N–H and O–H groups in total. The molecule has 0 radical (unpaired) electrons. The average Bonchev–Trinajstić information content (AvgIpc) is 3.72. The number of benzene rings is 6. The van der Waals surface area contributed by atoms with Gasteiger partial charge in [-0.2, -0.15) is 4.58 Å². The summed E-state index contributed by atoms with van der Waals surface area (Å²) in [6.07, 6.45) is 8.79. The summed E-state index contributed by atoms with van der Waals surface area (Å²) in [6, 6.07) is 57.0. The van der Waals surface area contributed by atoms with Crippen LogP contribution >= 0.6 is 0 Å². The van der Waals surface area contributed by atoms with E-state index in [-0.39, 0.29) is 6.04 Å². The molecular formula is C47H31N4+. The van der Waals surface area contributed by atoms with Crippen LogP contribution in [0.3, 0.4) is 0 Å². The third-order valence-corrected chi connectivity index (χ3v) is 10.7. The van der Waals surface area contributed by atoms with Crippen molar-refractivity contribution in [3.8, 4) is 22.3 Å². The fourth-order valence-corrected chi connectivity index (χ4v) is 8.54. The van der Waals surface area contributed by atoms with Crippen molar-refractivity contribution >= 4 is 61.5 Å². The molecule has 1 atom stereocenters. The second-order valence-corrected chi connectivity index (χ2v) is 13.5. The van der Waals surface area contributed by atoms with Crippen molar-refractivity contribution in [2.45, 2.75) is 6.04 Å². The molecule has 11 rings (SSSR count). The van der Waals surface area contributed by atoms with E-state index in [1.807, 2.05) is 12.4 Å². The zero-order valence-corrected chi connectivity index (χ0v) is 27.7. The van der Waals surface area contributed by atoms with E-state index in [1.165, 1.54) is 66.6 Å². The van der Waals surface area contributed by atoms with E-state index < -0.39 is 0 Å². The van der Waals surface area contributed by atoms with Gasteiger partial charge in [-0.05, 0) is 64.2 Å². The Morgan fingerprint density at radius 2 is 1.14 bits per heavy atom. The average molecular weight is 652 g/mol. The Morgan fingerprint density at radius 1 is 0.529 bits per heavy atom. The highest BCUT2D eigenvalue weighted by Crippen LogP contribution is 2.53. The van der Waals surface area contributed by atoms with Crippen LogP contribution in [0, 0.1) is 0 Å². The van der Waals surface area contributed by atoms with Crippen molar-refractivity contribution in [2.24, 2.45) is 0 Å². The topological polar surface area (TPSA) is 24.1 Å². The Balaban J connectivity index is 1.26. The van der Waals surface area contributed by atoms with E-state index in [0.717, 1.165) is 22.8 Å². The molecule has 2 aromatic heterocycles. The molecule has 0 saturated carbocycles. The lowest BCUT2D eigenvalue weighted by Gasteiger charge is -2.33. The van der Waals surface area contributed by atoms with Gasteiger partial charge in [0, 0.05) is 40.7 Å². The maximum absolute atomic E-state index is 4.74. The van der Waals surface area contributed by atoms with Crippen molar-refractivity contribution in [3.63, 3.8) is 0 Å². The second kappa shape index (κ2) is 10.9. The number of fused-ring (bicyclic) bond motifs is 8. The van der Waals surface area contributed by atoms with Crippen LogP contribution in [0.2, 0.25) is 0 Å². The molecule has 0 fully saturated rings. The molecule has 4 heteroatoms. The zero-order chi connectivity index (χ0) is 33.5. The van der Waals surface area contributed by atoms with Crippen LogP contribution < -0.4 is 9.48 Å². The summed E-state index contributed by atoms with van der Waals surface area (Å²) in [7, 11) is 0. The minimum atomic E-state index is -0.00491. The van der Waals surface area contributed by atoms with Gasteiger partial charge in [0.25, 0.3) is 5.69 Å². The van der Waals surface area contributed by atoms with Crippen LogP contribution in [-0.2, 0) is 0 Å². The number of para-hydroxylation sites is 3. The van der Waals surface area contributed by atoms with Gasteiger partial charge < -0.3 is 9.47 Å². The Kier molecular flexibility index (Phi) is 5.98. The molecule has 8 aromatic rings. The third kappa shape index (κ3) is 4.14. The molecule has 4 heterocycles. The predicted octanol–water partition coefficient (Wildman–Crippen LogP) is 11.3. The van der Waals surface area contributed by atoms with Crippen LogP contribution in [0.1, 0.15) is 5.56 Å². The van der Waals surface area contributed by atoms with Gasteiger partial charge >= 0.3 is 0 Å². The zero-order valence-electron chi connectivity index (χ0n) is 27.7. The number of pyridine rings is 1. The summed E-state index contributed by atoms with van der Waals surface area (Å²) in [5.74, 6) is 0. The Hall–Kier alpha value is -6.78. The van der Waals surface area contributed by atoms with E-state index in [0.29, 0.717) is 0 Å². The third-order valence-electron chi connectivity index (χ3n) is 10.7. The van der Waals surface area contributed by atoms with E-state index >= 15 is 0 Å². The van der Waals surface area contributed by atoms with Gasteiger partial charge in [0.2, 0.25) is 11.4 Å². The van der Waals surface area contributed by atoms with Gasteiger partial charge in [-0.25, -0.2) is 0 Å². The lowest BCUT2D eigenvalue weighted by Crippen LogP contribution is -2.44. The molecule has 1 unspecified atom stereocenters. The Morgan fingerprint density at radius 3 is 1.82 bits per heavy atom. The van der Waals surface area contributed by atoms with E-state index in [4.69, 9.17) is 4.98 Å². The van der Waals surface area contributed by atoms with E-state index in [2.05, 4.69) is 184 Å². The minimum Gasteiger partial charge on any atom is -0.318 e. The van der Waals surface area contributed by atoms with Gasteiger partial charge in [0.1, 0.15) is 17.9 Å². The first-order valence-corrected chi connectivity index (χ1v) is 17.5. The summed E-state index contributed by atoms with van der Waals surface area (Å²) in [5, 5.41) is 2.51. The molecule has 6 aromatic carbocycles. The van der Waals surface area contributed by atoms with Gasteiger partial charge in [0.15, 0.2) is 0 Å². The summed E-state index contributed by atoms with van der Waals surface area (Å²) in [4.78, 5) is 7.26. The molecule has 238 valence electrons. The number of rotatable bonds is 4. The van der Waals surface area contributed by atoms with Crippen LogP contribution in [-0.4, -0.2) is 21.3 Å². The van der Waals surface area contributed by atoms with Gasteiger partial charge in [0.05, 0.1) is 22.4 Å². The summed E-state index contributed by atoms with van der Waals surface area (Å²) >= 11 is 0. The maximum atomic E-state index is 4.74. The number of anilines is 2. The quantitative estimate of drug-likeness (QED) is 0.177. The fraction of sp³-hybridized carbons (Fsp3) is 0.0213. The SMILES string of the molecule is C1=C2c3ccccc3N3c4ccncc4[N+](c4cc(-c5ccccc5)cc(-c5ccccc5)c4)=C(C=C1n1c4ccccc4c4ccccc41)C23. The number of hydrogen-bond acceptors (Lipinski definition) is 2. The Labute approximate surface area is 295 Å². The molecule has 0 amide bonds. The lowest BCUT2D eigenvalue weighted by atomic mass is 9.90. The molecule has 1 aliphatic carbocycles. The van der Waals surface area contributed by atoms with Crippen LogP contribution in [0.25, 0.3) is 55.3 Å². The van der Waals surface area contributed by atoms with Crippen molar-refractivity contribution in [3.05, 3.63) is 188 Å². The highest BCUT2D eigenvalue weighted by Gasteiger charge is 2.49. The monoisotopic (exact) mass is 651 g/mol. The first-order valence-electron chi connectivity index (χ1n) is 17.5. The molecule has 3 aliphatic rings. The first kappa shape index (κ1) is 28.1. The maximum Gasteiger partial charge on any atom is 0.253 e. The van der Waals surface area contributed by atoms with Gasteiger partial charge in [-0.15, -0.1) is 0 Å². The number of allylic oxidation sites excluding steroid dienone is 2. The molecule has 51 heavy (non-hydrogen) atoms. The molecule has 2 aliphatic heterocycles. The number of nitrogens with zero attached hydrogens (tertiary/aromatic N) is 4. The standard InChI is InChI=1S/C47H31N4/c1-3-13-31(14-4-1)33-25-34(32-15-5-2-6-16-32)27-35(26-33)50-45-29-36(49-41-20-10-7-17-37(41)38-18-8-11-21-42(38)49)28-40-39-19-9-12-22-43(39)51(47(40)45)44-23-24-48-30-46(44)50/h1-30,47H/q+1. The highest BCUT2D eigenvalue weighted by molar-refractivity contribution is 6.25. The largest absolute Gasteiger partial charge is 0.318 e. The fourth-order valence-electron chi connectivity index (χ4n) is 8.54. The lowest BCUT2D eigenvalue weighted by molar-refractivity contribution is 0.922. The molecule has 0 saturated heterocycles. The van der Waals surface area contributed by atoms with Crippen molar-refractivity contribution in [1.29, 1.82) is 0 Å². The van der Waals surface area contributed by atoms with E-state index in [9.17, 15) is 0 Å². The van der Waals surface area contributed by atoms with Crippen molar-refractivity contribution < 1.29 is 0 Å². The minimum absolute atomic E-state index is 0.00491. The van der Waals surface area contributed by atoms with Crippen LogP contribution in [0.4, 0.5) is 22.7 Å². The van der Waals surface area contributed by atoms with E-state index in [1.54, 1.807) is 0 Å². The first-order chi connectivity index (χ1) is 25.3. The smallest absolute Gasteiger partial charge is 0.253 e. The van der Waals surface area contributed by atoms with Gasteiger partial charge in [-0.3, -0.25) is 4.98 Å². The highest BCUT2D eigenvalue weighted by atomic mass is 15.3. The summed E-state index contributed by atoms with van der Waals surface area (Å²) in [6.45, 7) is 0. The number of hydrogen-bond donors (Lipinski definition) is 0.